The van der Waals surface area contributed by atoms with Crippen molar-refractivity contribution in [1.82, 2.24) is 0 Å². The Kier molecular flexibility index (Phi) is 8.27. The summed E-state index contributed by atoms with van der Waals surface area (Å²) in [7, 11) is 0. The molecule has 1 aliphatic carbocycles. The highest BCUT2D eigenvalue weighted by atomic mass is 16.4. The summed E-state index contributed by atoms with van der Waals surface area (Å²) in [6.45, 7) is 0.591. The van der Waals surface area contributed by atoms with E-state index in [0.717, 1.165) is 25.7 Å². The van der Waals surface area contributed by atoms with Crippen LogP contribution in [-0.4, -0.2) is 29.7 Å². The molecule has 0 amide bonds. The Bertz CT molecular complexity index is 168. The van der Waals surface area contributed by atoms with Crippen LogP contribution in [0.1, 0.15) is 38.5 Å². The van der Waals surface area contributed by atoms with E-state index in [2.05, 4.69) is 0 Å². The Morgan fingerprint density at radius 1 is 1.20 bits per heavy atom. The number of hydrogen-bond acceptors (Lipinski definition) is 4. The fourth-order valence-electron chi connectivity index (χ4n) is 1.47. The van der Waals surface area contributed by atoms with E-state index in [1.54, 1.807) is 0 Å². The van der Waals surface area contributed by atoms with E-state index in [1.165, 1.54) is 0 Å². The largest absolute Gasteiger partial charge is 0.481 e. The maximum atomic E-state index is 9.83. The van der Waals surface area contributed by atoms with Gasteiger partial charge in [-0.3, -0.25) is 4.79 Å². The third-order valence-electron chi connectivity index (χ3n) is 2.36. The Morgan fingerprint density at radius 2 is 1.73 bits per heavy atom. The van der Waals surface area contributed by atoms with Crippen LogP contribution in [0.5, 0.6) is 0 Å². The van der Waals surface area contributed by atoms with Crippen LogP contribution in [0.3, 0.4) is 0 Å². The van der Waals surface area contributed by atoms with E-state index in [9.17, 15) is 4.79 Å². The zero-order valence-corrected chi connectivity index (χ0v) is 9.19. The Hall–Kier alpha value is -0.650. The lowest BCUT2D eigenvalue weighted by molar-refractivity contribution is -0.137. The Morgan fingerprint density at radius 3 is 2.00 bits per heavy atom. The molecule has 5 heteroatoms. The lowest BCUT2D eigenvalue weighted by Gasteiger charge is -1.97. The van der Waals surface area contributed by atoms with Gasteiger partial charge < -0.3 is 22.3 Å². The second-order valence-corrected chi connectivity index (χ2v) is 3.97. The van der Waals surface area contributed by atoms with Crippen molar-refractivity contribution < 1.29 is 9.90 Å². The lowest BCUT2D eigenvalue weighted by atomic mass is 10.2. The molecule has 0 heterocycles. The highest BCUT2D eigenvalue weighted by Gasteiger charge is 2.16. The average Bonchev–Trinajstić information content (AvgIpc) is 2.51. The molecule has 90 valence electrons. The number of carboxylic acids is 1. The average molecular weight is 217 g/mol. The van der Waals surface area contributed by atoms with Gasteiger partial charge in [0.2, 0.25) is 0 Å². The van der Waals surface area contributed by atoms with Crippen molar-refractivity contribution in [3.05, 3.63) is 0 Å². The molecule has 0 aromatic heterocycles. The van der Waals surface area contributed by atoms with Crippen LogP contribution >= 0.6 is 0 Å². The molecule has 5 nitrogen and oxygen atoms in total. The highest BCUT2D eigenvalue weighted by Crippen LogP contribution is 2.13. The van der Waals surface area contributed by atoms with E-state index in [1.807, 2.05) is 0 Å². The van der Waals surface area contributed by atoms with Crippen LogP contribution in [0.25, 0.3) is 0 Å². The van der Waals surface area contributed by atoms with Crippen LogP contribution in [0.2, 0.25) is 0 Å². The first-order valence-corrected chi connectivity index (χ1v) is 5.49. The van der Waals surface area contributed by atoms with Crippen molar-refractivity contribution in [2.24, 2.45) is 17.2 Å². The highest BCUT2D eigenvalue weighted by molar-refractivity contribution is 5.66. The summed E-state index contributed by atoms with van der Waals surface area (Å²) in [4.78, 5) is 9.83. The van der Waals surface area contributed by atoms with Gasteiger partial charge in [-0.15, -0.1) is 0 Å². The smallest absolute Gasteiger partial charge is 0.303 e. The number of aliphatic carboxylic acids is 1. The second-order valence-electron chi connectivity index (χ2n) is 3.97. The molecule has 1 rings (SSSR count). The molecule has 1 fully saturated rings. The van der Waals surface area contributed by atoms with Gasteiger partial charge in [-0.05, 0) is 38.6 Å². The molecule has 1 aliphatic rings. The van der Waals surface area contributed by atoms with E-state index in [4.69, 9.17) is 22.3 Å². The first-order valence-electron chi connectivity index (χ1n) is 5.49. The van der Waals surface area contributed by atoms with Gasteiger partial charge in [-0.25, -0.2) is 0 Å². The fraction of sp³-hybridized carbons (Fsp3) is 0.900. The third-order valence-corrected chi connectivity index (χ3v) is 2.36. The Labute approximate surface area is 91.0 Å². The first kappa shape index (κ1) is 14.3. The molecular weight excluding hydrogens is 194 g/mol. The number of rotatable bonds is 4. The quantitative estimate of drug-likeness (QED) is 0.496. The predicted octanol–water partition coefficient (Wildman–Crippen LogP) is 0.0249. The number of unbranched alkanes of at least 4 members (excludes halogenated alkanes) is 1. The molecule has 0 aromatic carbocycles. The molecule has 0 aliphatic heterocycles. The molecule has 15 heavy (non-hydrogen) atoms. The van der Waals surface area contributed by atoms with Gasteiger partial charge in [-0.2, -0.15) is 0 Å². The van der Waals surface area contributed by atoms with Crippen LogP contribution < -0.4 is 17.2 Å². The van der Waals surface area contributed by atoms with E-state index in [0.29, 0.717) is 25.0 Å². The standard InChI is InChI=1S/C5H12N2.C5H11NO2/c6-4-1-2-5(7)3-4;6-4-2-1-3-5(7)8/h4-5H,1-3,6-7H2;1-4,6H2,(H,7,8)/t4-,5+;. The minimum absolute atomic E-state index is 0.247. The van der Waals surface area contributed by atoms with E-state index >= 15 is 0 Å². The second kappa shape index (κ2) is 8.64. The topological polar surface area (TPSA) is 115 Å². The van der Waals surface area contributed by atoms with Gasteiger partial charge in [0.1, 0.15) is 0 Å². The molecule has 0 aromatic rings. The molecule has 7 N–H and O–H groups in total. The number of carbonyl (C=O) groups is 1. The van der Waals surface area contributed by atoms with Crippen molar-refractivity contribution in [2.75, 3.05) is 6.54 Å². The molecular formula is C10H23N3O2. The molecule has 0 saturated heterocycles. The third kappa shape index (κ3) is 9.65. The van der Waals surface area contributed by atoms with Gasteiger partial charge in [0.15, 0.2) is 0 Å². The zero-order valence-electron chi connectivity index (χ0n) is 9.19. The normalized spacial score (nSPS) is 24.5. The van der Waals surface area contributed by atoms with Gasteiger partial charge in [0.25, 0.3) is 0 Å². The lowest BCUT2D eigenvalue weighted by Crippen LogP contribution is -2.20. The first-order chi connectivity index (χ1) is 7.06. The van der Waals surface area contributed by atoms with Gasteiger partial charge in [-0.1, -0.05) is 0 Å². The number of hydrogen-bond donors (Lipinski definition) is 4. The summed E-state index contributed by atoms with van der Waals surface area (Å²) in [5.41, 5.74) is 16.2. The SMILES string of the molecule is NCCCCC(=O)O.N[C@@H]1CC[C@H](N)C1. The summed E-state index contributed by atoms with van der Waals surface area (Å²) in [5.74, 6) is -0.738. The molecule has 1 saturated carbocycles. The van der Waals surface area contributed by atoms with Gasteiger partial charge in [0, 0.05) is 18.5 Å². The summed E-state index contributed by atoms with van der Waals surface area (Å²) in [6.07, 6.45) is 5.04. The van der Waals surface area contributed by atoms with Crippen LogP contribution in [-0.2, 0) is 4.79 Å². The summed E-state index contributed by atoms with van der Waals surface area (Å²) >= 11 is 0. The monoisotopic (exact) mass is 217 g/mol. The summed E-state index contributed by atoms with van der Waals surface area (Å²) in [5, 5.41) is 8.10. The van der Waals surface area contributed by atoms with Crippen LogP contribution in [0.15, 0.2) is 0 Å². The maximum absolute atomic E-state index is 9.83. The molecule has 0 radical (unpaired) electrons. The zero-order chi connectivity index (χ0) is 11.7. The van der Waals surface area contributed by atoms with Crippen LogP contribution in [0.4, 0.5) is 0 Å². The molecule has 0 bridgehead atoms. The predicted molar refractivity (Wildman–Crippen MR) is 60.3 cm³/mol. The molecule has 0 spiro atoms. The van der Waals surface area contributed by atoms with E-state index < -0.39 is 5.97 Å². The molecule has 2 atom stereocenters. The minimum atomic E-state index is -0.738. The van der Waals surface area contributed by atoms with Gasteiger partial charge in [0.05, 0.1) is 0 Å². The molecule has 0 unspecified atom stereocenters. The van der Waals surface area contributed by atoms with Crippen molar-refractivity contribution >= 4 is 5.97 Å². The number of carboxylic acid groups (broad SMARTS) is 1. The summed E-state index contributed by atoms with van der Waals surface area (Å²) < 4.78 is 0. The number of nitrogens with two attached hydrogens (primary N) is 3. The van der Waals surface area contributed by atoms with Crippen molar-refractivity contribution in [3.63, 3.8) is 0 Å². The van der Waals surface area contributed by atoms with Crippen LogP contribution in [0, 0.1) is 0 Å². The van der Waals surface area contributed by atoms with E-state index in [-0.39, 0.29) is 6.42 Å². The van der Waals surface area contributed by atoms with Gasteiger partial charge >= 0.3 is 5.97 Å². The fourth-order valence-corrected chi connectivity index (χ4v) is 1.47. The minimum Gasteiger partial charge on any atom is -0.481 e. The maximum Gasteiger partial charge on any atom is 0.303 e. The Balaban J connectivity index is 0.000000262. The van der Waals surface area contributed by atoms with Crippen molar-refractivity contribution in [2.45, 2.75) is 50.6 Å². The van der Waals surface area contributed by atoms with Crippen molar-refractivity contribution in [1.29, 1.82) is 0 Å². The van der Waals surface area contributed by atoms with Crippen molar-refractivity contribution in [3.8, 4) is 0 Å². The summed E-state index contributed by atoms with van der Waals surface area (Å²) in [6, 6.07) is 0.796.